The summed E-state index contributed by atoms with van der Waals surface area (Å²) in [5, 5.41) is 9.04. The van der Waals surface area contributed by atoms with Crippen molar-refractivity contribution in [3.63, 3.8) is 0 Å². The van der Waals surface area contributed by atoms with Crippen molar-refractivity contribution < 1.29 is 14.7 Å². The number of aliphatic carboxylic acids is 1. The molecular weight excluding hydrogens is 230 g/mol. The fourth-order valence-corrected chi connectivity index (χ4v) is 2.35. The number of rotatable bonds is 5. The van der Waals surface area contributed by atoms with Crippen molar-refractivity contribution in [1.82, 2.24) is 4.90 Å². The Morgan fingerprint density at radius 2 is 1.78 bits per heavy atom. The van der Waals surface area contributed by atoms with E-state index in [0.717, 1.165) is 32.4 Å². The molecule has 1 rings (SSSR count). The second kappa shape index (κ2) is 6.57. The molecule has 18 heavy (non-hydrogen) atoms. The van der Waals surface area contributed by atoms with E-state index in [-0.39, 0.29) is 17.4 Å². The predicted octanol–water partition coefficient (Wildman–Crippen LogP) is 2.30. The van der Waals surface area contributed by atoms with Crippen LogP contribution in [0, 0.1) is 11.8 Å². The number of hydrogen-bond acceptors (Lipinski definition) is 2. The molecule has 1 atom stereocenters. The van der Waals surface area contributed by atoms with Gasteiger partial charge in [-0.3, -0.25) is 4.79 Å². The van der Waals surface area contributed by atoms with Crippen molar-refractivity contribution in [2.24, 2.45) is 11.8 Å². The average Bonchev–Trinajstić information content (AvgIpc) is 2.35. The maximum Gasteiger partial charge on any atom is 0.331 e. The average molecular weight is 253 g/mol. The number of carbonyl (C=O) groups is 2. The number of carboxylic acids is 1. The first-order valence-corrected chi connectivity index (χ1v) is 6.64. The normalized spacial score (nSPS) is 17.6. The topological polar surface area (TPSA) is 57.6 Å². The number of hydrogen-bond donors (Lipinski definition) is 1. The Kier molecular flexibility index (Phi) is 5.38. The summed E-state index contributed by atoms with van der Waals surface area (Å²) in [5.74, 6) is -1.41. The Balaban J connectivity index is 2.77. The molecule has 4 heteroatoms. The van der Waals surface area contributed by atoms with Crippen LogP contribution in [0.2, 0.25) is 0 Å². The van der Waals surface area contributed by atoms with Crippen LogP contribution < -0.4 is 0 Å². The zero-order valence-corrected chi connectivity index (χ0v) is 11.3. The standard InChI is InChI=1S/C14H23NO3/c1-10(2)9-12(11(3)14(17)18)13(16)15-7-5-4-6-8-15/h10,12H,3-9H2,1-2H3,(H,17,18). The summed E-state index contributed by atoms with van der Waals surface area (Å²) >= 11 is 0. The molecule has 0 radical (unpaired) electrons. The molecule has 0 saturated carbocycles. The maximum absolute atomic E-state index is 12.4. The lowest BCUT2D eigenvalue weighted by Crippen LogP contribution is -2.41. The van der Waals surface area contributed by atoms with Crippen LogP contribution in [0.4, 0.5) is 0 Å². The van der Waals surface area contributed by atoms with Gasteiger partial charge in [-0.2, -0.15) is 0 Å². The smallest absolute Gasteiger partial charge is 0.331 e. The van der Waals surface area contributed by atoms with E-state index in [1.807, 2.05) is 13.8 Å². The van der Waals surface area contributed by atoms with Gasteiger partial charge in [0.2, 0.25) is 5.91 Å². The van der Waals surface area contributed by atoms with Crippen molar-refractivity contribution in [3.05, 3.63) is 12.2 Å². The van der Waals surface area contributed by atoms with Gasteiger partial charge < -0.3 is 10.0 Å². The van der Waals surface area contributed by atoms with Crippen molar-refractivity contribution in [1.29, 1.82) is 0 Å². The third-order valence-corrected chi connectivity index (χ3v) is 3.37. The molecule has 1 amide bonds. The minimum atomic E-state index is -1.06. The second-order valence-electron chi connectivity index (χ2n) is 5.40. The lowest BCUT2D eigenvalue weighted by Gasteiger charge is -2.31. The number of nitrogens with zero attached hydrogens (tertiary/aromatic N) is 1. The second-order valence-corrected chi connectivity index (χ2v) is 5.40. The predicted molar refractivity (Wildman–Crippen MR) is 70.2 cm³/mol. The van der Waals surface area contributed by atoms with Gasteiger partial charge >= 0.3 is 5.97 Å². The first-order chi connectivity index (χ1) is 8.43. The number of likely N-dealkylation sites (tertiary alicyclic amines) is 1. The summed E-state index contributed by atoms with van der Waals surface area (Å²) in [7, 11) is 0. The summed E-state index contributed by atoms with van der Waals surface area (Å²) in [5.41, 5.74) is 0.0271. The summed E-state index contributed by atoms with van der Waals surface area (Å²) in [4.78, 5) is 25.2. The van der Waals surface area contributed by atoms with Gasteiger partial charge in [-0.1, -0.05) is 20.4 Å². The summed E-state index contributed by atoms with van der Waals surface area (Å²) in [6.45, 7) is 9.06. The molecule has 1 N–H and O–H groups in total. The number of piperidine rings is 1. The quantitative estimate of drug-likeness (QED) is 0.765. The first kappa shape index (κ1) is 14.7. The molecule has 0 aromatic carbocycles. The lowest BCUT2D eigenvalue weighted by atomic mass is 9.89. The highest BCUT2D eigenvalue weighted by molar-refractivity contribution is 5.95. The number of carboxylic acid groups (broad SMARTS) is 1. The molecule has 0 spiro atoms. The molecule has 1 fully saturated rings. The highest BCUT2D eigenvalue weighted by atomic mass is 16.4. The van der Waals surface area contributed by atoms with Gasteiger partial charge in [-0.05, 0) is 31.6 Å². The van der Waals surface area contributed by atoms with Crippen LogP contribution >= 0.6 is 0 Å². The van der Waals surface area contributed by atoms with Crippen LogP contribution in [-0.2, 0) is 9.59 Å². The zero-order chi connectivity index (χ0) is 13.7. The molecule has 1 saturated heterocycles. The van der Waals surface area contributed by atoms with Gasteiger partial charge in [0.15, 0.2) is 0 Å². The highest BCUT2D eigenvalue weighted by Crippen LogP contribution is 2.23. The van der Waals surface area contributed by atoms with E-state index in [1.165, 1.54) is 0 Å². The highest BCUT2D eigenvalue weighted by Gasteiger charge is 2.30. The summed E-state index contributed by atoms with van der Waals surface area (Å²) in [6, 6.07) is 0. The van der Waals surface area contributed by atoms with E-state index in [0.29, 0.717) is 6.42 Å². The molecule has 0 aliphatic carbocycles. The minimum Gasteiger partial charge on any atom is -0.478 e. The van der Waals surface area contributed by atoms with Crippen molar-refractivity contribution >= 4 is 11.9 Å². The van der Waals surface area contributed by atoms with E-state index < -0.39 is 11.9 Å². The van der Waals surface area contributed by atoms with Crippen molar-refractivity contribution in [3.8, 4) is 0 Å². The van der Waals surface area contributed by atoms with Gasteiger partial charge in [0, 0.05) is 18.7 Å². The Morgan fingerprint density at radius 3 is 2.22 bits per heavy atom. The molecule has 4 nitrogen and oxygen atoms in total. The van der Waals surface area contributed by atoms with E-state index in [4.69, 9.17) is 5.11 Å². The molecule has 1 aliphatic heterocycles. The van der Waals surface area contributed by atoms with Crippen LogP contribution in [0.25, 0.3) is 0 Å². The molecule has 0 aromatic rings. The van der Waals surface area contributed by atoms with Gasteiger partial charge in [0.1, 0.15) is 0 Å². The Hall–Kier alpha value is -1.32. The first-order valence-electron chi connectivity index (χ1n) is 6.64. The molecular formula is C14H23NO3. The third kappa shape index (κ3) is 3.86. The SMILES string of the molecule is C=C(C(=O)O)C(CC(C)C)C(=O)N1CCCCC1. The lowest BCUT2D eigenvalue weighted by molar-refractivity contribution is -0.140. The van der Waals surface area contributed by atoms with Crippen molar-refractivity contribution in [2.45, 2.75) is 39.5 Å². The summed E-state index contributed by atoms with van der Waals surface area (Å²) in [6.07, 6.45) is 3.73. The molecule has 0 aromatic heterocycles. The van der Waals surface area contributed by atoms with Crippen LogP contribution in [0.5, 0.6) is 0 Å². The monoisotopic (exact) mass is 253 g/mol. The van der Waals surface area contributed by atoms with E-state index in [2.05, 4.69) is 6.58 Å². The minimum absolute atomic E-state index is 0.0271. The van der Waals surface area contributed by atoms with Crippen molar-refractivity contribution in [2.75, 3.05) is 13.1 Å². The fourth-order valence-electron chi connectivity index (χ4n) is 2.35. The zero-order valence-electron chi connectivity index (χ0n) is 11.3. The summed E-state index contributed by atoms with van der Waals surface area (Å²) < 4.78 is 0. The maximum atomic E-state index is 12.4. The van der Waals surface area contributed by atoms with Crippen LogP contribution in [0.15, 0.2) is 12.2 Å². The number of amides is 1. The van der Waals surface area contributed by atoms with E-state index in [1.54, 1.807) is 4.90 Å². The van der Waals surface area contributed by atoms with Gasteiger partial charge in [0.25, 0.3) is 0 Å². The Bertz CT molecular complexity index is 330. The van der Waals surface area contributed by atoms with Crippen LogP contribution in [0.1, 0.15) is 39.5 Å². The fraction of sp³-hybridized carbons (Fsp3) is 0.714. The Labute approximate surface area is 109 Å². The molecule has 102 valence electrons. The largest absolute Gasteiger partial charge is 0.478 e. The van der Waals surface area contributed by atoms with Crippen LogP contribution in [-0.4, -0.2) is 35.0 Å². The Morgan fingerprint density at radius 1 is 1.22 bits per heavy atom. The molecule has 0 bridgehead atoms. The molecule has 1 unspecified atom stereocenters. The van der Waals surface area contributed by atoms with Gasteiger partial charge in [0.05, 0.1) is 5.92 Å². The van der Waals surface area contributed by atoms with Gasteiger partial charge in [-0.15, -0.1) is 0 Å². The van der Waals surface area contributed by atoms with Gasteiger partial charge in [-0.25, -0.2) is 4.79 Å². The van der Waals surface area contributed by atoms with E-state index >= 15 is 0 Å². The number of carbonyl (C=O) groups excluding carboxylic acids is 1. The van der Waals surface area contributed by atoms with Crippen LogP contribution in [0.3, 0.4) is 0 Å². The molecule has 1 aliphatic rings. The molecule has 1 heterocycles. The third-order valence-electron chi connectivity index (χ3n) is 3.37. The van der Waals surface area contributed by atoms with E-state index in [9.17, 15) is 9.59 Å².